The SMILES string of the molecule is CCc1ccc(-c2cc(NC(=O)c3oc(Br)cc3C)on2)cc1. The summed E-state index contributed by atoms with van der Waals surface area (Å²) in [5, 5.41) is 6.63. The second-order valence-electron chi connectivity index (χ2n) is 5.14. The maximum Gasteiger partial charge on any atom is 0.294 e. The lowest BCUT2D eigenvalue weighted by Crippen LogP contribution is -2.11. The highest BCUT2D eigenvalue weighted by molar-refractivity contribution is 9.10. The molecule has 1 aromatic carbocycles. The maximum absolute atomic E-state index is 12.2. The molecule has 0 saturated heterocycles. The van der Waals surface area contributed by atoms with Gasteiger partial charge in [-0.15, -0.1) is 0 Å². The van der Waals surface area contributed by atoms with Gasteiger partial charge < -0.3 is 8.94 Å². The molecule has 0 aliphatic rings. The maximum atomic E-state index is 12.2. The molecule has 0 aliphatic carbocycles. The first-order valence-corrected chi connectivity index (χ1v) is 7.99. The molecule has 0 unspecified atom stereocenters. The van der Waals surface area contributed by atoms with Gasteiger partial charge >= 0.3 is 0 Å². The van der Waals surface area contributed by atoms with Crippen molar-refractivity contribution in [1.29, 1.82) is 0 Å². The van der Waals surface area contributed by atoms with Crippen molar-refractivity contribution < 1.29 is 13.7 Å². The highest BCUT2D eigenvalue weighted by Crippen LogP contribution is 2.24. The van der Waals surface area contributed by atoms with Crippen LogP contribution in [0, 0.1) is 6.92 Å². The van der Waals surface area contributed by atoms with Gasteiger partial charge in [-0.2, -0.15) is 0 Å². The molecular formula is C17H15BrN2O3. The Labute approximate surface area is 141 Å². The minimum Gasteiger partial charge on any atom is -0.444 e. The van der Waals surface area contributed by atoms with Crippen molar-refractivity contribution in [1.82, 2.24) is 5.16 Å². The largest absolute Gasteiger partial charge is 0.444 e. The van der Waals surface area contributed by atoms with Crippen molar-refractivity contribution in [3.05, 3.63) is 58.0 Å². The van der Waals surface area contributed by atoms with E-state index < -0.39 is 0 Å². The average Bonchev–Trinajstić information content (AvgIpc) is 3.13. The van der Waals surface area contributed by atoms with Crippen molar-refractivity contribution in [3.8, 4) is 11.3 Å². The van der Waals surface area contributed by atoms with E-state index in [0.29, 0.717) is 10.4 Å². The summed E-state index contributed by atoms with van der Waals surface area (Å²) < 4.78 is 11.0. The quantitative estimate of drug-likeness (QED) is 0.710. The van der Waals surface area contributed by atoms with Crippen LogP contribution >= 0.6 is 15.9 Å². The number of anilines is 1. The summed E-state index contributed by atoms with van der Waals surface area (Å²) in [5.41, 5.74) is 3.59. The Morgan fingerprint density at radius 3 is 2.61 bits per heavy atom. The van der Waals surface area contributed by atoms with Crippen molar-refractivity contribution >= 4 is 27.7 Å². The number of halogens is 1. The van der Waals surface area contributed by atoms with Crippen LogP contribution in [0.5, 0.6) is 0 Å². The Morgan fingerprint density at radius 2 is 2.00 bits per heavy atom. The number of hydrogen-bond acceptors (Lipinski definition) is 4. The predicted octanol–water partition coefficient (Wildman–Crippen LogP) is 4.82. The fourth-order valence-corrected chi connectivity index (χ4v) is 2.72. The molecule has 5 nitrogen and oxygen atoms in total. The summed E-state index contributed by atoms with van der Waals surface area (Å²) in [7, 11) is 0. The van der Waals surface area contributed by atoms with E-state index in [0.717, 1.165) is 17.5 Å². The topological polar surface area (TPSA) is 68.3 Å². The number of nitrogens with zero attached hydrogens (tertiary/aromatic N) is 1. The van der Waals surface area contributed by atoms with Crippen molar-refractivity contribution in [3.63, 3.8) is 0 Å². The van der Waals surface area contributed by atoms with E-state index in [2.05, 4.69) is 33.3 Å². The van der Waals surface area contributed by atoms with Crippen LogP contribution in [0.25, 0.3) is 11.3 Å². The number of rotatable bonds is 4. The third kappa shape index (κ3) is 3.37. The lowest BCUT2D eigenvalue weighted by atomic mass is 10.1. The average molecular weight is 375 g/mol. The van der Waals surface area contributed by atoms with Crippen molar-refractivity contribution in [2.24, 2.45) is 0 Å². The molecule has 1 N–H and O–H groups in total. The number of carbonyl (C=O) groups excluding carboxylic acids is 1. The molecule has 0 radical (unpaired) electrons. The molecule has 0 spiro atoms. The first-order chi connectivity index (χ1) is 11.1. The van der Waals surface area contributed by atoms with Crippen LogP contribution in [0.4, 0.5) is 5.88 Å². The molecule has 0 fully saturated rings. The second-order valence-corrected chi connectivity index (χ2v) is 5.93. The zero-order chi connectivity index (χ0) is 16.4. The summed E-state index contributed by atoms with van der Waals surface area (Å²) in [6, 6.07) is 11.5. The first kappa shape index (κ1) is 15.6. The van der Waals surface area contributed by atoms with Crippen LogP contribution in [0.1, 0.15) is 28.6 Å². The van der Waals surface area contributed by atoms with Gasteiger partial charge in [0.15, 0.2) is 10.4 Å². The molecule has 3 aromatic rings. The smallest absolute Gasteiger partial charge is 0.294 e. The van der Waals surface area contributed by atoms with Crippen LogP contribution < -0.4 is 5.32 Å². The Morgan fingerprint density at radius 1 is 1.26 bits per heavy atom. The van der Waals surface area contributed by atoms with Crippen LogP contribution in [-0.2, 0) is 6.42 Å². The molecule has 0 atom stereocenters. The highest BCUT2D eigenvalue weighted by atomic mass is 79.9. The summed E-state index contributed by atoms with van der Waals surface area (Å²) in [6.45, 7) is 3.90. The fourth-order valence-electron chi connectivity index (χ4n) is 2.22. The van der Waals surface area contributed by atoms with Gasteiger partial charge in [-0.1, -0.05) is 36.3 Å². The second kappa shape index (κ2) is 6.42. The molecule has 23 heavy (non-hydrogen) atoms. The molecule has 6 heteroatoms. The molecule has 2 aromatic heterocycles. The molecule has 0 saturated carbocycles. The molecule has 1 amide bonds. The van der Waals surface area contributed by atoms with Crippen LogP contribution in [0.3, 0.4) is 0 Å². The van der Waals surface area contributed by atoms with E-state index in [1.165, 1.54) is 5.56 Å². The van der Waals surface area contributed by atoms with Gasteiger partial charge in [-0.3, -0.25) is 10.1 Å². The molecule has 0 bridgehead atoms. The third-order valence-corrected chi connectivity index (χ3v) is 3.89. The van der Waals surface area contributed by atoms with Crippen LogP contribution in [0.2, 0.25) is 0 Å². The monoisotopic (exact) mass is 374 g/mol. The van der Waals surface area contributed by atoms with Gasteiger partial charge in [0.2, 0.25) is 5.88 Å². The Kier molecular flexibility index (Phi) is 4.34. The normalized spacial score (nSPS) is 10.7. The number of nitrogens with one attached hydrogen (secondary N) is 1. The van der Waals surface area contributed by atoms with E-state index in [1.807, 2.05) is 24.3 Å². The summed E-state index contributed by atoms with van der Waals surface area (Å²) in [4.78, 5) is 12.2. The number of aryl methyl sites for hydroxylation is 2. The number of amides is 1. The Bertz CT molecular complexity index is 834. The van der Waals surface area contributed by atoms with Gasteiger partial charge in [0.25, 0.3) is 5.91 Å². The summed E-state index contributed by atoms with van der Waals surface area (Å²) in [5.74, 6) is 0.135. The van der Waals surface area contributed by atoms with Gasteiger partial charge in [0.1, 0.15) is 5.69 Å². The first-order valence-electron chi connectivity index (χ1n) is 7.20. The Hall–Kier alpha value is -2.34. The number of benzene rings is 1. The number of carbonyl (C=O) groups is 1. The fraction of sp³-hybridized carbons (Fsp3) is 0.176. The molecule has 0 aliphatic heterocycles. The minimum absolute atomic E-state index is 0.238. The predicted molar refractivity (Wildman–Crippen MR) is 90.4 cm³/mol. The summed E-state index contributed by atoms with van der Waals surface area (Å²) >= 11 is 3.20. The molecule has 118 valence electrons. The zero-order valence-corrected chi connectivity index (χ0v) is 14.3. The van der Waals surface area contributed by atoms with E-state index in [1.54, 1.807) is 19.1 Å². The molecule has 2 heterocycles. The zero-order valence-electron chi connectivity index (χ0n) is 12.7. The van der Waals surface area contributed by atoms with Gasteiger partial charge in [-0.25, -0.2) is 0 Å². The summed E-state index contributed by atoms with van der Waals surface area (Å²) in [6.07, 6.45) is 0.985. The third-order valence-electron chi connectivity index (χ3n) is 3.50. The highest BCUT2D eigenvalue weighted by Gasteiger charge is 2.17. The van der Waals surface area contributed by atoms with E-state index in [4.69, 9.17) is 8.94 Å². The van der Waals surface area contributed by atoms with Crippen molar-refractivity contribution in [2.45, 2.75) is 20.3 Å². The van der Waals surface area contributed by atoms with Gasteiger partial charge in [-0.05, 0) is 40.9 Å². The van der Waals surface area contributed by atoms with Gasteiger partial charge in [0.05, 0.1) is 0 Å². The van der Waals surface area contributed by atoms with E-state index in [-0.39, 0.29) is 17.6 Å². The molecular weight excluding hydrogens is 360 g/mol. The Balaban J connectivity index is 1.76. The number of aromatic nitrogens is 1. The van der Waals surface area contributed by atoms with Crippen LogP contribution in [0.15, 0.2) is 50.0 Å². The van der Waals surface area contributed by atoms with Crippen LogP contribution in [-0.4, -0.2) is 11.1 Å². The minimum atomic E-state index is -0.378. The number of furan rings is 1. The van der Waals surface area contributed by atoms with Crippen molar-refractivity contribution in [2.75, 3.05) is 5.32 Å². The lowest BCUT2D eigenvalue weighted by Gasteiger charge is -1.98. The molecule has 3 rings (SSSR count). The number of hydrogen-bond donors (Lipinski definition) is 1. The van der Waals surface area contributed by atoms with E-state index in [9.17, 15) is 4.79 Å². The van der Waals surface area contributed by atoms with E-state index >= 15 is 0 Å². The van der Waals surface area contributed by atoms with Gasteiger partial charge in [0, 0.05) is 17.2 Å². The standard InChI is InChI=1S/C17H15BrN2O3/c1-3-11-4-6-12(7-5-11)13-9-15(23-20-13)19-17(21)16-10(2)8-14(18)22-16/h4-9H,3H2,1-2H3,(H,19,21). The lowest BCUT2D eigenvalue weighted by molar-refractivity contribution is 0.0991.